The van der Waals surface area contributed by atoms with E-state index in [1.54, 1.807) is 0 Å². The highest BCUT2D eigenvalue weighted by molar-refractivity contribution is 7.91. The summed E-state index contributed by atoms with van der Waals surface area (Å²) >= 11 is 0. The summed E-state index contributed by atoms with van der Waals surface area (Å²) in [5.41, 5.74) is -0.864. The van der Waals surface area contributed by atoms with Gasteiger partial charge in [-0.1, -0.05) is 48.5 Å². The predicted molar refractivity (Wildman–Crippen MR) is 137 cm³/mol. The summed E-state index contributed by atoms with van der Waals surface area (Å²) in [4.78, 5) is 46.2. The van der Waals surface area contributed by atoms with Gasteiger partial charge < -0.3 is 20.4 Å². The number of rotatable bonds is 8. The van der Waals surface area contributed by atoms with Crippen LogP contribution in [0.2, 0.25) is 0 Å². The van der Waals surface area contributed by atoms with Crippen molar-refractivity contribution in [2.75, 3.05) is 0 Å². The van der Waals surface area contributed by atoms with Gasteiger partial charge in [-0.3, -0.25) is 0 Å². The van der Waals surface area contributed by atoms with Crippen LogP contribution in [-0.2, 0) is 9.84 Å². The van der Waals surface area contributed by atoms with Crippen molar-refractivity contribution in [3.05, 3.63) is 107 Å². The van der Waals surface area contributed by atoms with Gasteiger partial charge in [0.2, 0.25) is 9.84 Å². The molecule has 196 valence electrons. The molecule has 4 aromatic rings. The van der Waals surface area contributed by atoms with Gasteiger partial charge >= 0.3 is 23.9 Å². The van der Waals surface area contributed by atoms with Gasteiger partial charge in [0.05, 0.1) is 32.0 Å². The molecule has 11 heteroatoms. The molecule has 0 bridgehead atoms. The Bertz CT molecular complexity index is 1630. The lowest BCUT2D eigenvalue weighted by atomic mass is 9.95. The van der Waals surface area contributed by atoms with Crippen molar-refractivity contribution >= 4 is 33.7 Å². The van der Waals surface area contributed by atoms with Crippen LogP contribution in [0.3, 0.4) is 0 Å². The van der Waals surface area contributed by atoms with Crippen molar-refractivity contribution < 1.29 is 48.0 Å². The van der Waals surface area contributed by atoms with Crippen molar-refractivity contribution in [1.29, 1.82) is 0 Å². The minimum atomic E-state index is -4.05. The number of carboxylic acid groups (broad SMARTS) is 4. The summed E-state index contributed by atoms with van der Waals surface area (Å²) in [6.07, 6.45) is 0. The topological polar surface area (TPSA) is 183 Å². The molecule has 0 aliphatic carbocycles. The van der Waals surface area contributed by atoms with Gasteiger partial charge in [0.1, 0.15) is 0 Å². The summed E-state index contributed by atoms with van der Waals surface area (Å²) in [6, 6.07) is 18.4. The van der Waals surface area contributed by atoms with E-state index < -0.39 is 56.0 Å². The van der Waals surface area contributed by atoms with Crippen LogP contribution < -0.4 is 0 Å². The number of hydrogen-bond acceptors (Lipinski definition) is 6. The monoisotopic (exact) mass is 546 g/mol. The fraction of sp³-hybridized carbons (Fsp3) is 0. The second kappa shape index (κ2) is 10.2. The van der Waals surface area contributed by atoms with Crippen LogP contribution in [0.4, 0.5) is 0 Å². The fourth-order valence-electron chi connectivity index (χ4n) is 4.17. The number of hydrogen-bond donors (Lipinski definition) is 4. The predicted octanol–water partition coefficient (Wildman–Crippen LogP) is 4.65. The Labute approximate surface area is 221 Å². The standard InChI is InChI=1S/C28H18O10S/c29-25(30)21-5-1-3-19(23(21)27(33)34)15-7-11-17(12-8-15)39(37,38)18-13-9-16(10-14-18)20-4-2-6-22(26(31)32)24(20)28(35)36/h1-14H,(H,29,30)(H,31,32)(H,33,34)(H,35,36). The minimum absolute atomic E-state index is 0.105. The van der Waals surface area contributed by atoms with E-state index in [2.05, 4.69) is 0 Å². The average molecular weight is 547 g/mol. The maximum absolute atomic E-state index is 13.2. The summed E-state index contributed by atoms with van der Waals surface area (Å²) < 4.78 is 26.4. The normalized spacial score (nSPS) is 11.1. The molecule has 10 nitrogen and oxygen atoms in total. The molecule has 0 aromatic heterocycles. The summed E-state index contributed by atoms with van der Waals surface area (Å²) in [6.45, 7) is 0. The Morgan fingerprint density at radius 1 is 0.462 bits per heavy atom. The first-order chi connectivity index (χ1) is 18.4. The van der Waals surface area contributed by atoms with E-state index in [4.69, 9.17) is 0 Å². The molecule has 0 aliphatic rings. The largest absolute Gasteiger partial charge is 0.478 e. The first kappa shape index (κ1) is 26.8. The molecule has 0 amide bonds. The Hall–Kier alpha value is -5.29. The van der Waals surface area contributed by atoms with Crippen LogP contribution in [0.15, 0.2) is 94.7 Å². The molecule has 0 atom stereocenters. The first-order valence-corrected chi connectivity index (χ1v) is 12.6. The van der Waals surface area contributed by atoms with Gasteiger partial charge in [0.15, 0.2) is 0 Å². The summed E-state index contributed by atoms with van der Waals surface area (Å²) in [5, 5.41) is 37.8. The molecule has 0 aliphatic heterocycles. The van der Waals surface area contributed by atoms with Gasteiger partial charge in [-0.2, -0.15) is 0 Å². The highest BCUT2D eigenvalue weighted by atomic mass is 32.2. The van der Waals surface area contributed by atoms with E-state index in [1.165, 1.54) is 72.8 Å². The lowest BCUT2D eigenvalue weighted by molar-refractivity contribution is 0.0652. The van der Waals surface area contributed by atoms with Gasteiger partial charge in [-0.05, 0) is 58.7 Å². The molecule has 0 unspecified atom stereocenters. The highest BCUT2D eigenvalue weighted by Gasteiger charge is 2.24. The molecule has 0 spiro atoms. The third-order valence-corrected chi connectivity index (χ3v) is 7.75. The van der Waals surface area contributed by atoms with E-state index in [0.29, 0.717) is 11.1 Å². The quantitative estimate of drug-likeness (QED) is 0.243. The Morgan fingerprint density at radius 2 is 0.795 bits per heavy atom. The maximum Gasteiger partial charge on any atom is 0.337 e. The highest BCUT2D eigenvalue weighted by Crippen LogP contribution is 2.31. The Balaban J connectivity index is 1.70. The lowest BCUT2D eigenvalue weighted by Crippen LogP contribution is -2.10. The van der Waals surface area contributed by atoms with Crippen molar-refractivity contribution in [1.82, 2.24) is 0 Å². The van der Waals surface area contributed by atoms with Crippen molar-refractivity contribution in [2.24, 2.45) is 0 Å². The van der Waals surface area contributed by atoms with Crippen molar-refractivity contribution in [2.45, 2.75) is 9.79 Å². The first-order valence-electron chi connectivity index (χ1n) is 11.1. The molecule has 4 rings (SSSR count). The van der Waals surface area contributed by atoms with E-state index in [9.17, 15) is 48.0 Å². The SMILES string of the molecule is O=C(O)c1cccc(-c2ccc(S(=O)(=O)c3ccc(-c4cccc(C(=O)O)c4C(=O)O)cc3)cc2)c1C(=O)O. The van der Waals surface area contributed by atoms with Gasteiger partial charge in [0, 0.05) is 0 Å². The smallest absolute Gasteiger partial charge is 0.337 e. The molecular formula is C28H18O10S. The molecule has 0 saturated carbocycles. The number of benzene rings is 4. The van der Waals surface area contributed by atoms with Crippen molar-refractivity contribution in [3.8, 4) is 22.3 Å². The van der Waals surface area contributed by atoms with Crippen LogP contribution >= 0.6 is 0 Å². The van der Waals surface area contributed by atoms with Crippen LogP contribution in [0.25, 0.3) is 22.3 Å². The molecule has 0 heterocycles. The second-order valence-electron chi connectivity index (χ2n) is 8.23. The van der Waals surface area contributed by atoms with E-state index >= 15 is 0 Å². The zero-order chi connectivity index (χ0) is 28.5. The number of carbonyl (C=O) groups is 4. The van der Waals surface area contributed by atoms with Crippen LogP contribution in [0.1, 0.15) is 41.4 Å². The lowest BCUT2D eigenvalue weighted by Gasteiger charge is -2.12. The third-order valence-electron chi connectivity index (χ3n) is 5.97. The summed E-state index contributed by atoms with van der Waals surface area (Å²) in [7, 11) is -4.05. The third kappa shape index (κ3) is 4.98. The molecule has 0 fully saturated rings. The van der Waals surface area contributed by atoms with E-state index in [0.717, 1.165) is 12.1 Å². The van der Waals surface area contributed by atoms with E-state index in [-0.39, 0.29) is 20.9 Å². The Kier molecular flexibility index (Phi) is 7.02. The number of sulfone groups is 1. The maximum atomic E-state index is 13.2. The fourth-order valence-corrected chi connectivity index (χ4v) is 5.43. The number of aromatic carboxylic acids is 4. The second-order valence-corrected chi connectivity index (χ2v) is 10.2. The average Bonchev–Trinajstić information content (AvgIpc) is 2.92. The Morgan fingerprint density at radius 3 is 1.08 bits per heavy atom. The minimum Gasteiger partial charge on any atom is -0.478 e. The van der Waals surface area contributed by atoms with Crippen molar-refractivity contribution in [3.63, 3.8) is 0 Å². The van der Waals surface area contributed by atoms with Crippen LogP contribution in [0.5, 0.6) is 0 Å². The molecular weight excluding hydrogens is 528 g/mol. The molecule has 0 radical (unpaired) electrons. The zero-order valence-corrected chi connectivity index (χ0v) is 20.5. The molecule has 39 heavy (non-hydrogen) atoms. The number of carboxylic acids is 4. The molecule has 4 N–H and O–H groups in total. The van der Waals surface area contributed by atoms with Gasteiger partial charge in [-0.15, -0.1) is 0 Å². The summed E-state index contributed by atoms with van der Waals surface area (Å²) in [5.74, 6) is -5.72. The zero-order valence-electron chi connectivity index (χ0n) is 19.7. The van der Waals surface area contributed by atoms with Gasteiger partial charge in [0.25, 0.3) is 0 Å². The van der Waals surface area contributed by atoms with Gasteiger partial charge in [-0.25, -0.2) is 27.6 Å². The molecule has 4 aromatic carbocycles. The van der Waals surface area contributed by atoms with Crippen LogP contribution in [-0.4, -0.2) is 52.7 Å². The molecule has 0 saturated heterocycles. The van der Waals surface area contributed by atoms with Crippen LogP contribution in [0, 0.1) is 0 Å². The van der Waals surface area contributed by atoms with E-state index in [1.807, 2.05) is 0 Å².